The molecule has 0 heterocycles. The Morgan fingerprint density at radius 1 is 0.906 bits per heavy atom. The molecule has 32 heavy (non-hydrogen) atoms. The maximum Gasteiger partial charge on any atom is 0.264 e. The Bertz CT molecular complexity index is 1270. The molecule has 3 aromatic carbocycles. The van der Waals surface area contributed by atoms with Gasteiger partial charge in [0.1, 0.15) is 6.54 Å². The van der Waals surface area contributed by atoms with Gasteiger partial charge >= 0.3 is 0 Å². The molecule has 0 aliphatic carbocycles. The number of sulfonamides is 1. The number of amides is 2. The minimum Gasteiger partial charge on any atom is -0.366 e. The van der Waals surface area contributed by atoms with Crippen molar-refractivity contribution in [1.82, 2.24) is 0 Å². The van der Waals surface area contributed by atoms with Crippen molar-refractivity contribution in [3.8, 4) is 0 Å². The van der Waals surface area contributed by atoms with Crippen LogP contribution in [-0.4, -0.2) is 26.8 Å². The van der Waals surface area contributed by atoms with Crippen LogP contribution in [0.1, 0.15) is 27.0 Å². The quantitative estimate of drug-likeness (QED) is 0.572. The number of aryl methyl sites for hydroxylation is 3. The second kappa shape index (κ2) is 9.23. The summed E-state index contributed by atoms with van der Waals surface area (Å²) in [7, 11) is -4.04. The second-order valence-electron chi connectivity index (χ2n) is 7.57. The first-order valence-electron chi connectivity index (χ1n) is 9.95. The molecule has 2 amide bonds. The van der Waals surface area contributed by atoms with Crippen LogP contribution in [0.25, 0.3) is 0 Å². The van der Waals surface area contributed by atoms with Gasteiger partial charge in [-0.1, -0.05) is 47.5 Å². The van der Waals surface area contributed by atoms with Gasteiger partial charge in [0, 0.05) is 0 Å². The van der Waals surface area contributed by atoms with E-state index in [1.54, 1.807) is 43.3 Å². The largest absolute Gasteiger partial charge is 0.366 e. The van der Waals surface area contributed by atoms with Crippen LogP contribution in [0.4, 0.5) is 11.4 Å². The van der Waals surface area contributed by atoms with Gasteiger partial charge in [0.25, 0.3) is 15.9 Å². The van der Waals surface area contributed by atoms with Gasteiger partial charge in [-0.05, 0) is 56.7 Å². The van der Waals surface area contributed by atoms with E-state index in [0.29, 0.717) is 11.3 Å². The lowest BCUT2D eigenvalue weighted by Gasteiger charge is -2.26. The minimum atomic E-state index is -4.04. The monoisotopic (exact) mass is 451 g/mol. The fourth-order valence-corrected chi connectivity index (χ4v) is 4.83. The molecule has 3 aromatic rings. The predicted octanol–water partition coefficient (Wildman–Crippen LogP) is 3.54. The highest BCUT2D eigenvalue weighted by atomic mass is 32.2. The SMILES string of the molecule is Cc1ccc(S(=O)(=O)N(CC(=O)Nc2ccccc2C(N)=O)c2ccc(C)cc2C)cc1. The third kappa shape index (κ3) is 4.97. The highest BCUT2D eigenvalue weighted by molar-refractivity contribution is 7.92. The molecule has 3 rings (SSSR count). The van der Waals surface area contributed by atoms with Gasteiger partial charge in [-0.2, -0.15) is 0 Å². The molecule has 0 radical (unpaired) electrons. The van der Waals surface area contributed by atoms with Crippen LogP contribution in [-0.2, 0) is 14.8 Å². The lowest BCUT2D eigenvalue weighted by Crippen LogP contribution is -2.38. The molecule has 0 aliphatic heterocycles. The Morgan fingerprint density at radius 2 is 1.53 bits per heavy atom. The zero-order valence-corrected chi connectivity index (χ0v) is 18.9. The molecule has 8 heteroatoms. The average molecular weight is 452 g/mol. The van der Waals surface area contributed by atoms with Crippen LogP contribution in [0.5, 0.6) is 0 Å². The van der Waals surface area contributed by atoms with Crippen molar-refractivity contribution in [3.05, 3.63) is 89.0 Å². The number of carbonyl (C=O) groups is 2. The minimum absolute atomic E-state index is 0.0772. The molecule has 0 saturated heterocycles. The van der Waals surface area contributed by atoms with Gasteiger partial charge in [-0.3, -0.25) is 13.9 Å². The van der Waals surface area contributed by atoms with E-state index in [2.05, 4.69) is 5.32 Å². The summed E-state index contributed by atoms with van der Waals surface area (Å²) in [4.78, 5) is 24.6. The van der Waals surface area contributed by atoms with Crippen LogP contribution in [0.3, 0.4) is 0 Å². The molecule has 0 aliphatic rings. The van der Waals surface area contributed by atoms with Crippen molar-refractivity contribution in [2.24, 2.45) is 5.73 Å². The highest BCUT2D eigenvalue weighted by Gasteiger charge is 2.28. The average Bonchev–Trinajstić information content (AvgIpc) is 2.73. The Kier molecular flexibility index (Phi) is 6.64. The van der Waals surface area contributed by atoms with Crippen molar-refractivity contribution in [2.75, 3.05) is 16.2 Å². The summed E-state index contributed by atoms with van der Waals surface area (Å²) in [6.45, 7) is 5.08. The Hall–Kier alpha value is -3.65. The molecule has 0 fully saturated rings. The van der Waals surface area contributed by atoms with Gasteiger partial charge in [-0.15, -0.1) is 0 Å². The maximum absolute atomic E-state index is 13.5. The molecular weight excluding hydrogens is 426 g/mol. The van der Waals surface area contributed by atoms with E-state index in [-0.39, 0.29) is 16.1 Å². The maximum atomic E-state index is 13.5. The number of nitrogens with one attached hydrogen (secondary N) is 1. The fourth-order valence-electron chi connectivity index (χ4n) is 3.35. The molecule has 0 spiro atoms. The van der Waals surface area contributed by atoms with Gasteiger partial charge in [-0.25, -0.2) is 8.42 Å². The van der Waals surface area contributed by atoms with Gasteiger partial charge in [0.15, 0.2) is 0 Å². The zero-order valence-electron chi connectivity index (χ0n) is 18.1. The van der Waals surface area contributed by atoms with E-state index in [4.69, 9.17) is 5.73 Å². The van der Waals surface area contributed by atoms with Gasteiger partial charge < -0.3 is 11.1 Å². The van der Waals surface area contributed by atoms with Crippen molar-refractivity contribution < 1.29 is 18.0 Å². The van der Waals surface area contributed by atoms with E-state index in [1.807, 2.05) is 19.9 Å². The van der Waals surface area contributed by atoms with E-state index in [1.165, 1.54) is 24.3 Å². The van der Waals surface area contributed by atoms with E-state index >= 15 is 0 Å². The number of benzene rings is 3. The van der Waals surface area contributed by atoms with Crippen molar-refractivity contribution in [1.29, 1.82) is 0 Å². The van der Waals surface area contributed by atoms with Gasteiger partial charge in [0.05, 0.1) is 21.8 Å². The van der Waals surface area contributed by atoms with E-state index < -0.39 is 28.4 Å². The highest BCUT2D eigenvalue weighted by Crippen LogP contribution is 2.28. The second-order valence-corrected chi connectivity index (χ2v) is 9.43. The molecule has 0 atom stereocenters. The first-order valence-corrected chi connectivity index (χ1v) is 11.4. The van der Waals surface area contributed by atoms with Crippen molar-refractivity contribution in [2.45, 2.75) is 25.7 Å². The van der Waals surface area contributed by atoms with E-state index in [0.717, 1.165) is 15.4 Å². The number of para-hydroxylation sites is 1. The number of rotatable bonds is 7. The third-order valence-electron chi connectivity index (χ3n) is 4.98. The Labute approximate surface area is 187 Å². The van der Waals surface area contributed by atoms with Crippen LogP contribution < -0.4 is 15.4 Å². The molecule has 3 N–H and O–H groups in total. The topological polar surface area (TPSA) is 110 Å². The van der Waals surface area contributed by atoms with Crippen molar-refractivity contribution >= 4 is 33.2 Å². The third-order valence-corrected chi connectivity index (χ3v) is 6.76. The molecule has 166 valence electrons. The lowest BCUT2D eigenvalue weighted by atomic mass is 10.1. The number of primary amides is 1. The number of hydrogen-bond acceptors (Lipinski definition) is 4. The number of hydrogen-bond donors (Lipinski definition) is 2. The van der Waals surface area contributed by atoms with Crippen LogP contribution in [0, 0.1) is 20.8 Å². The zero-order chi connectivity index (χ0) is 23.5. The molecular formula is C24H25N3O4S. The number of nitrogens with zero attached hydrogens (tertiary/aromatic N) is 1. The van der Waals surface area contributed by atoms with Crippen molar-refractivity contribution in [3.63, 3.8) is 0 Å². The smallest absolute Gasteiger partial charge is 0.264 e. The standard InChI is InChI=1S/C24H25N3O4S/c1-16-8-11-19(12-9-16)32(30,31)27(22-13-10-17(2)14-18(22)3)15-23(28)26-21-7-5-4-6-20(21)24(25)29/h4-14H,15H2,1-3H3,(H2,25,29)(H,26,28). The Balaban J connectivity index is 2.01. The fraction of sp³-hybridized carbons (Fsp3) is 0.167. The molecule has 0 bridgehead atoms. The predicted molar refractivity (Wildman–Crippen MR) is 125 cm³/mol. The summed E-state index contributed by atoms with van der Waals surface area (Å²) in [6.07, 6.45) is 0. The number of carbonyl (C=O) groups excluding carboxylic acids is 2. The summed E-state index contributed by atoms with van der Waals surface area (Å²) in [5.41, 5.74) is 8.74. The molecule has 0 aromatic heterocycles. The Morgan fingerprint density at radius 3 is 2.16 bits per heavy atom. The van der Waals surface area contributed by atoms with Crippen LogP contribution >= 0.6 is 0 Å². The normalized spacial score (nSPS) is 11.1. The van der Waals surface area contributed by atoms with Crippen LogP contribution in [0.2, 0.25) is 0 Å². The van der Waals surface area contributed by atoms with Gasteiger partial charge in [0.2, 0.25) is 5.91 Å². The molecule has 0 unspecified atom stereocenters. The van der Waals surface area contributed by atoms with Crippen LogP contribution in [0.15, 0.2) is 71.6 Å². The molecule has 0 saturated carbocycles. The first-order chi connectivity index (χ1) is 15.1. The first kappa shape index (κ1) is 23.0. The summed E-state index contributed by atoms with van der Waals surface area (Å²) in [5.74, 6) is -1.30. The summed E-state index contributed by atoms with van der Waals surface area (Å²) in [5, 5.41) is 2.61. The number of anilines is 2. The summed E-state index contributed by atoms with van der Waals surface area (Å²) >= 11 is 0. The summed E-state index contributed by atoms with van der Waals surface area (Å²) in [6, 6.07) is 18.1. The van der Waals surface area contributed by atoms with E-state index in [9.17, 15) is 18.0 Å². The lowest BCUT2D eigenvalue weighted by molar-refractivity contribution is -0.114. The molecule has 7 nitrogen and oxygen atoms in total. The summed E-state index contributed by atoms with van der Waals surface area (Å²) < 4.78 is 28.1. The number of nitrogens with two attached hydrogens (primary N) is 1.